The van der Waals surface area contributed by atoms with Crippen molar-refractivity contribution in [1.82, 2.24) is 4.90 Å². The largest absolute Gasteiger partial charge is 0.484 e. The van der Waals surface area contributed by atoms with Gasteiger partial charge in [-0.3, -0.25) is 9.59 Å². The van der Waals surface area contributed by atoms with E-state index in [1.165, 1.54) is 7.11 Å². The van der Waals surface area contributed by atoms with Crippen molar-refractivity contribution in [1.29, 1.82) is 0 Å². The lowest BCUT2D eigenvalue weighted by Gasteiger charge is -2.17. The number of amides is 1. The van der Waals surface area contributed by atoms with Crippen molar-refractivity contribution in [2.24, 2.45) is 0 Å². The van der Waals surface area contributed by atoms with Crippen LogP contribution in [0, 0.1) is 13.8 Å². The molecule has 0 aliphatic heterocycles. The summed E-state index contributed by atoms with van der Waals surface area (Å²) >= 11 is 0. The normalized spacial score (nSPS) is 10.1. The van der Waals surface area contributed by atoms with Crippen molar-refractivity contribution in [3.8, 4) is 5.75 Å². The second-order valence-electron chi connectivity index (χ2n) is 5.11. The van der Waals surface area contributed by atoms with Gasteiger partial charge in [-0.15, -0.1) is 0 Å². The van der Waals surface area contributed by atoms with Gasteiger partial charge < -0.3 is 14.4 Å². The Bertz CT molecular complexity index is 479. The van der Waals surface area contributed by atoms with Gasteiger partial charge in [-0.25, -0.2) is 0 Å². The number of carbonyl (C=O) groups is 2. The van der Waals surface area contributed by atoms with E-state index in [2.05, 4.69) is 4.74 Å². The highest BCUT2D eigenvalue weighted by Gasteiger charge is 2.10. The molecular weight excluding hydrogens is 270 g/mol. The number of carbonyl (C=O) groups excluding carboxylic acids is 2. The Hall–Kier alpha value is -2.04. The fourth-order valence-corrected chi connectivity index (χ4v) is 1.96. The average molecular weight is 293 g/mol. The van der Waals surface area contributed by atoms with E-state index in [0.29, 0.717) is 25.1 Å². The third-order valence-corrected chi connectivity index (χ3v) is 3.09. The predicted molar refractivity (Wildman–Crippen MR) is 80.3 cm³/mol. The fourth-order valence-electron chi connectivity index (χ4n) is 1.96. The van der Waals surface area contributed by atoms with Gasteiger partial charge in [-0.05, 0) is 43.5 Å². The van der Waals surface area contributed by atoms with Crippen LogP contribution < -0.4 is 4.74 Å². The molecular formula is C16H23NO4. The van der Waals surface area contributed by atoms with E-state index in [1.807, 2.05) is 32.0 Å². The van der Waals surface area contributed by atoms with E-state index in [0.717, 1.165) is 11.1 Å². The van der Waals surface area contributed by atoms with Crippen LogP contribution in [-0.2, 0) is 14.3 Å². The molecule has 1 aromatic rings. The molecule has 0 aliphatic rings. The number of benzene rings is 1. The zero-order chi connectivity index (χ0) is 15.8. The van der Waals surface area contributed by atoms with Crippen molar-refractivity contribution < 1.29 is 19.1 Å². The van der Waals surface area contributed by atoms with Gasteiger partial charge in [0.2, 0.25) is 0 Å². The topological polar surface area (TPSA) is 55.8 Å². The highest BCUT2D eigenvalue weighted by atomic mass is 16.5. The minimum absolute atomic E-state index is 0.00236. The molecule has 116 valence electrons. The molecule has 1 rings (SSSR count). The van der Waals surface area contributed by atoms with E-state index in [9.17, 15) is 9.59 Å². The second-order valence-corrected chi connectivity index (χ2v) is 5.11. The molecule has 0 N–H and O–H groups in total. The molecule has 0 saturated carbocycles. The van der Waals surface area contributed by atoms with Gasteiger partial charge in [-0.2, -0.15) is 0 Å². The molecule has 1 aromatic carbocycles. The first kappa shape index (κ1) is 17.0. The predicted octanol–water partition coefficient (Wildman–Crippen LogP) is 2.09. The Morgan fingerprint density at radius 2 is 1.76 bits per heavy atom. The first-order valence-corrected chi connectivity index (χ1v) is 6.94. The second kappa shape index (κ2) is 8.29. The van der Waals surface area contributed by atoms with Crippen LogP contribution in [0.2, 0.25) is 0 Å². The lowest BCUT2D eigenvalue weighted by atomic mass is 10.1. The molecule has 5 nitrogen and oxygen atoms in total. The third-order valence-electron chi connectivity index (χ3n) is 3.09. The summed E-state index contributed by atoms with van der Waals surface area (Å²) in [6.45, 7) is 4.48. The van der Waals surface area contributed by atoms with Gasteiger partial charge in [0.05, 0.1) is 7.11 Å². The van der Waals surface area contributed by atoms with Gasteiger partial charge in [-0.1, -0.05) is 6.07 Å². The number of esters is 1. The van der Waals surface area contributed by atoms with Crippen LogP contribution in [0.3, 0.4) is 0 Å². The molecule has 5 heteroatoms. The Morgan fingerprint density at radius 3 is 2.33 bits per heavy atom. The minimum Gasteiger partial charge on any atom is -0.484 e. The summed E-state index contributed by atoms with van der Waals surface area (Å²) in [6, 6.07) is 5.85. The van der Waals surface area contributed by atoms with Gasteiger partial charge in [0, 0.05) is 20.0 Å². The van der Waals surface area contributed by atoms with Gasteiger partial charge in [0.15, 0.2) is 6.61 Å². The first-order chi connectivity index (χ1) is 9.92. The molecule has 1 amide bonds. The van der Waals surface area contributed by atoms with Crippen molar-refractivity contribution in [3.63, 3.8) is 0 Å². The van der Waals surface area contributed by atoms with Crippen LogP contribution >= 0.6 is 0 Å². The van der Waals surface area contributed by atoms with E-state index in [1.54, 1.807) is 11.9 Å². The molecule has 21 heavy (non-hydrogen) atoms. The summed E-state index contributed by atoms with van der Waals surface area (Å²) in [5, 5.41) is 0. The van der Waals surface area contributed by atoms with Crippen molar-refractivity contribution in [3.05, 3.63) is 29.3 Å². The Labute approximate surface area is 125 Å². The molecule has 0 fully saturated rings. The van der Waals surface area contributed by atoms with Crippen molar-refractivity contribution in [2.75, 3.05) is 27.3 Å². The highest BCUT2D eigenvalue weighted by Crippen LogP contribution is 2.16. The molecule has 0 radical (unpaired) electrons. The molecule has 0 saturated heterocycles. The number of methoxy groups -OCH3 is 1. The number of hydrogen-bond donors (Lipinski definition) is 0. The summed E-state index contributed by atoms with van der Waals surface area (Å²) in [4.78, 5) is 24.5. The number of aryl methyl sites for hydroxylation is 2. The highest BCUT2D eigenvalue weighted by molar-refractivity contribution is 5.77. The Kier molecular flexibility index (Phi) is 6.72. The van der Waals surface area contributed by atoms with Crippen molar-refractivity contribution in [2.45, 2.75) is 26.7 Å². The van der Waals surface area contributed by atoms with Crippen LogP contribution in [0.1, 0.15) is 24.0 Å². The maximum Gasteiger partial charge on any atom is 0.305 e. The third kappa shape index (κ3) is 6.29. The SMILES string of the molecule is COC(=O)CCCN(C)C(=O)COc1cc(C)cc(C)c1. The number of rotatable bonds is 7. The van der Waals surface area contributed by atoms with Gasteiger partial charge in [0.25, 0.3) is 5.91 Å². The maximum atomic E-state index is 11.9. The summed E-state index contributed by atoms with van der Waals surface area (Å²) in [7, 11) is 3.05. The molecule has 0 unspecified atom stereocenters. The average Bonchev–Trinajstić information content (AvgIpc) is 2.43. The molecule has 0 aliphatic carbocycles. The van der Waals surface area contributed by atoms with Gasteiger partial charge in [0.1, 0.15) is 5.75 Å². The fraction of sp³-hybridized carbons (Fsp3) is 0.500. The van der Waals surface area contributed by atoms with E-state index >= 15 is 0 Å². The number of hydrogen-bond acceptors (Lipinski definition) is 4. The molecule has 0 bridgehead atoms. The summed E-state index contributed by atoms with van der Waals surface area (Å²) in [5.74, 6) is 0.324. The number of ether oxygens (including phenoxy) is 2. The lowest BCUT2D eigenvalue weighted by Crippen LogP contribution is -2.32. The van der Waals surface area contributed by atoms with Gasteiger partial charge >= 0.3 is 5.97 Å². The van der Waals surface area contributed by atoms with Crippen LogP contribution in [-0.4, -0.2) is 44.1 Å². The van der Waals surface area contributed by atoms with E-state index in [4.69, 9.17) is 4.74 Å². The monoisotopic (exact) mass is 293 g/mol. The summed E-state index contributed by atoms with van der Waals surface area (Å²) < 4.78 is 10.1. The summed E-state index contributed by atoms with van der Waals surface area (Å²) in [6.07, 6.45) is 0.893. The number of nitrogens with zero attached hydrogens (tertiary/aromatic N) is 1. The first-order valence-electron chi connectivity index (χ1n) is 6.94. The van der Waals surface area contributed by atoms with Crippen LogP contribution in [0.4, 0.5) is 0 Å². The molecule has 0 atom stereocenters. The summed E-state index contributed by atoms with van der Waals surface area (Å²) in [5.41, 5.74) is 2.20. The zero-order valence-electron chi connectivity index (χ0n) is 13.1. The lowest BCUT2D eigenvalue weighted by molar-refractivity contribution is -0.141. The quantitative estimate of drug-likeness (QED) is 0.722. The number of likely N-dealkylation sites (N-methyl/N-ethyl adjacent to an activating group) is 1. The maximum absolute atomic E-state index is 11.9. The van der Waals surface area contributed by atoms with Crippen LogP contribution in [0.5, 0.6) is 5.75 Å². The van der Waals surface area contributed by atoms with E-state index < -0.39 is 0 Å². The van der Waals surface area contributed by atoms with Crippen molar-refractivity contribution >= 4 is 11.9 Å². The Morgan fingerprint density at radius 1 is 1.14 bits per heavy atom. The standard InChI is InChI=1S/C16H23NO4/c1-12-8-13(2)10-14(9-12)21-11-15(18)17(3)7-5-6-16(19)20-4/h8-10H,5-7,11H2,1-4H3. The smallest absolute Gasteiger partial charge is 0.305 e. The Balaban J connectivity index is 2.37. The van der Waals surface area contributed by atoms with E-state index in [-0.39, 0.29) is 18.5 Å². The van der Waals surface area contributed by atoms with Crippen LogP contribution in [0.25, 0.3) is 0 Å². The zero-order valence-corrected chi connectivity index (χ0v) is 13.1. The minimum atomic E-state index is -0.262. The molecule has 0 spiro atoms. The molecule has 0 aromatic heterocycles. The molecule has 0 heterocycles. The van der Waals surface area contributed by atoms with Crippen LogP contribution in [0.15, 0.2) is 18.2 Å².